The van der Waals surface area contributed by atoms with Crippen molar-refractivity contribution in [2.75, 3.05) is 25.2 Å². The Labute approximate surface area is 134 Å². The molecular formula is C16H22O5S. The molecule has 6 heteroatoms. The van der Waals surface area contributed by atoms with Crippen molar-refractivity contribution in [3.05, 3.63) is 23.8 Å². The molecule has 0 amide bonds. The van der Waals surface area contributed by atoms with E-state index in [1.807, 2.05) is 11.8 Å². The lowest BCUT2D eigenvalue weighted by Crippen LogP contribution is -2.24. The SMILES string of the molecule is CCOC(=O)C(O)c1cccc(OC2CCCSC2)c1OC. The summed E-state index contributed by atoms with van der Waals surface area (Å²) in [5.74, 6) is 2.35. The molecule has 5 nitrogen and oxygen atoms in total. The molecule has 0 spiro atoms. The van der Waals surface area contributed by atoms with Gasteiger partial charge in [0.05, 0.1) is 13.7 Å². The van der Waals surface area contributed by atoms with E-state index in [0.29, 0.717) is 17.1 Å². The second-order valence-electron chi connectivity index (χ2n) is 4.99. The third kappa shape index (κ3) is 4.08. The summed E-state index contributed by atoms with van der Waals surface area (Å²) in [7, 11) is 1.50. The Morgan fingerprint density at radius 3 is 2.95 bits per heavy atom. The predicted molar refractivity (Wildman–Crippen MR) is 85.6 cm³/mol. The molecule has 1 fully saturated rings. The number of ether oxygens (including phenoxy) is 3. The normalized spacial score (nSPS) is 19.3. The summed E-state index contributed by atoms with van der Waals surface area (Å²) >= 11 is 1.87. The summed E-state index contributed by atoms with van der Waals surface area (Å²) in [5.41, 5.74) is 0.363. The molecule has 1 saturated heterocycles. The maximum atomic E-state index is 11.7. The highest BCUT2D eigenvalue weighted by Crippen LogP contribution is 2.37. The van der Waals surface area contributed by atoms with Crippen LogP contribution in [0.3, 0.4) is 0 Å². The van der Waals surface area contributed by atoms with E-state index in [1.54, 1.807) is 25.1 Å². The summed E-state index contributed by atoms with van der Waals surface area (Å²) in [6.07, 6.45) is 0.880. The second kappa shape index (κ2) is 8.29. The Bertz CT molecular complexity index is 499. The zero-order chi connectivity index (χ0) is 15.9. The van der Waals surface area contributed by atoms with Gasteiger partial charge in [-0.1, -0.05) is 12.1 Å². The largest absolute Gasteiger partial charge is 0.492 e. The van der Waals surface area contributed by atoms with Gasteiger partial charge in [0.1, 0.15) is 6.10 Å². The maximum absolute atomic E-state index is 11.7. The Morgan fingerprint density at radius 1 is 1.50 bits per heavy atom. The van der Waals surface area contributed by atoms with Crippen molar-refractivity contribution in [2.24, 2.45) is 0 Å². The number of methoxy groups -OCH3 is 1. The van der Waals surface area contributed by atoms with Crippen LogP contribution >= 0.6 is 11.8 Å². The molecule has 1 aromatic rings. The average molecular weight is 326 g/mol. The molecule has 1 aliphatic rings. The number of hydrogen-bond donors (Lipinski definition) is 1. The number of hydrogen-bond acceptors (Lipinski definition) is 6. The number of thioether (sulfide) groups is 1. The molecule has 0 aromatic heterocycles. The van der Waals surface area contributed by atoms with Gasteiger partial charge in [0.15, 0.2) is 17.6 Å². The van der Waals surface area contributed by atoms with Gasteiger partial charge in [-0.2, -0.15) is 11.8 Å². The van der Waals surface area contributed by atoms with Crippen molar-refractivity contribution in [3.8, 4) is 11.5 Å². The molecule has 22 heavy (non-hydrogen) atoms. The van der Waals surface area contributed by atoms with Crippen molar-refractivity contribution in [1.82, 2.24) is 0 Å². The summed E-state index contributed by atoms with van der Waals surface area (Å²) in [4.78, 5) is 11.7. The lowest BCUT2D eigenvalue weighted by Gasteiger charge is -2.24. The van der Waals surface area contributed by atoms with Crippen LogP contribution in [0.25, 0.3) is 0 Å². The first kappa shape index (κ1) is 17.0. The molecule has 1 N–H and O–H groups in total. The molecule has 2 rings (SSSR count). The molecule has 0 aliphatic carbocycles. The van der Waals surface area contributed by atoms with Gasteiger partial charge in [0.2, 0.25) is 0 Å². The third-order valence-corrected chi connectivity index (χ3v) is 4.61. The van der Waals surface area contributed by atoms with Gasteiger partial charge in [-0.25, -0.2) is 4.79 Å². The Kier molecular flexibility index (Phi) is 6.39. The Hall–Kier alpha value is -1.40. The molecule has 1 aliphatic heterocycles. The van der Waals surface area contributed by atoms with E-state index < -0.39 is 12.1 Å². The summed E-state index contributed by atoms with van der Waals surface area (Å²) in [6, 6.07) is 5.17. The van der Waals surface area contributed by atoms with E-state index >= 15 is 0 Å². The van der Waals surface area contributed by atoms with Gasteiger partial charge < -0.3 is 19.3 Å². The monoisotopic (exact) mass is 326 g/mol. The topological polar surface area (TPSA) is 65.0 Å². The first-order chi connectivity index (χ1) is 10.7. The zero-order valence-corrected chi connectivity index (χ0v) is 13.7. The van der Waals surface area contributed by atoms with Gasteiger partial charge >= 0.3 is 5.97 Å². The van der Waals surface area contributed by atoms with Crippen molar-refractivity contribution >= 4 is 17.7 Å². The highest BCUT2D eigenvalue weighted by atomic mass is 32.2. The number of rotatable bonds is 6. The van der Waals surface area contributed by atoms with Crippen LogP contribution in [0.4, 0.5) is 0 Å². The van der Waals surface area contributed by atoms with Crippen molar-refractivity contribution in [3.63, 3.8) is 0 Å². The van der Waals surface area contributed by atoms with Gasteiger partial charge in [0, 0.05) is 11.3 Å². The molecule has 0 bridgehead atoms. The fraction of sp³-hybridized carbons (Fsp3) is 0.562. The minimum absolute atomic E-state index is 0.127. The van der Waals surface area contributed by atoms with Crippen LogP contribution < -0.4 is 9.47 Å². The number of aliphatic hydroxyl groups is 1. The third-order valence-electron chi connectivity index (χ3n) is 3.43. The minimum atomic E-state index is -1.38. The number of aliphatic hydroxyl groups excluding tert-OH is 1. The smallest absolute Gasteiger partial charge is 0.339 e. The molecule has 122 valence electrons. The van der Waals surface area contributed by atoms with Crippen molar-refractivity contribution in [2.45, 2.75) is 32.0 Å². The van der Waals surface area contributed by atoms with E-state index in [9.17, 15) is 9.90 Å². The van der Waals surface area contributed by atoms with E-state index in [-0.39, 0.29) is 12.7 Å². The summed E-state index contributed by atoms with van der Waals surface area (Å²) in [6.45, 7) is 1.91. The van der Waals surface area contributed by atoms with Gasteiger partial charge in [-0.3, -0.25) is 0 Å². The van der Waals surface area contributed by atoms with Gasteiger partial charge in [0.25, 0.3) is 0 Å². The van der Waals surface area contributed by atoms with Gasteiger partial charge in [-0.05, 0) is 31.6 Å². The van der Waals surface area contributed by atoms with Crippen molar-refractivity contribution in [1.29, 1.82) is 0 Å². The minimum Gasteiger partial charge on any atom is -0.492 e. The van der Waals surface area contributed by atoms with Crippen molar-refractivity contribution < 1.29 is 24.1 Å². The molecule has 1 heterocycles. The van der Waals surface area contributed by atoms with Crippen LogP contribution in [0, 0.1) is 0 Å². The van der Waals surface area contributed by atoms with Crippen LogP contribution in [-0.4, -0.2) is 42.4 Å². The Morgan fingerprint density at radius 2 is 2.32 bits per heavy atom. The second-order valence-corrected chi connectivity index (χ2v) is 6.14. The molecule has 0 radical (unpaired) electrons. The first-order valence-corrected chi connectivity index (χ1v) is 8.58. The van der Waals surface area contributed by atoms with Crippen LogP contribution in [0.1, 0.15) is 31.4 Å². The van der Waals surface area contributed by atoms with Gasteiger partial charge in [-0.15, -0.1) is 0 Å². The molecular weight excluding hydrogens is 304 g/mol. The molecule has 2 atom stereocenters. The molecule has 0 saturated carbocycles. The zero-order valence-electron chi connectivity index (χ0n) is 12.9. The molecule has 1 aromatic carbocycles. The predicted octanol–water partition coefficient (Wildman–Crippen LogP) is 2.57. The quantitative estimate of drug-likeness (QED) is 0.811. The maximum Gasteiger partial charge on any atom is 0.339 e. The summed E-state index contributed by atoms with van der Waals surface area (Å²) < 4.78 is 16.2. The fourth-order valence-electron chi connectivity index (χ4n) is 2.39. The average Bonchev–Trinajstić information content (AvgIpc) is 2.55. The fourth-order valence-corrected chi connectivity index (χ4v) is 3.43. The van der Waals surface area contributed by atoms with Crippen LogP contribution in [0.15, 0.2) is 18.2 Å². The molecule has 2 unspecified atom stereocenters. The van der Waals surface area contributed by atoms with E-state index in [0.717, 1.165) is 18.6 Å². The van der Waals surface area contributed by atoms with E-state index in [2.05, 4.69) is 0 Å². The summed E-state index contributed by atoms with van der Waals surface area (Å²) in [5, 5.41) is 10.1. The number of carbonyl (C=O) groups excluding carboxylic acids is 1. The lowest BCUT2D eigenvalue weighted by molar-refractivity contribution is -0.153. The standard InChI is InChI=1S/C16H22O5S/c1-3-20-16(18)14(17)12-7-4-8-13(15(12)19-2)21-11-6-5-9-22-10-11/h4,7-8,11,14,17H,3,5-6,9-10H2,1-2H3. The highest BCUT2D eigenvalue weighted by molar-refractivity contribution is 7.99. The first-order valence-electron chi connectivity index (χ1n) is 7.43. The van der Waals surface area contributed by atoms with E-state index in [4.69, 9.17) is 14.2 Å². The van der Waals surface area contributed by atoms with Crippen LogP contribution in [0.5, 0.6) is 11.5 Å². The number of benzene rings is 1. The number of carbonyl (C=O) groups is 1. The van der Waals surface area contributed by atoms with Crippen LogP contribution in [-0.2, 0) is 9.53 Å². The lowest BCUT2D eigenvalue weighted by atomic mass is 10.1. The van der Waals surface area contributed by atoms with E-state index in [1.165, 1.54) is 12.9 Å². The highest BCUT2D eigenvalue weighted by Gasteiger charge is 2.26. The van der Waals surface area contributed by atoms with Crippen LogP contribution in [0.2, 0.25) is 0 Å². The Balaban J connectivity index is 2.20. The number of esters is 1. The number of para-hydroxylation sites is 1.